The van der Waals surface area contributed by atoms with Gasteiger partial charge in [-0.1, -0.05) is 40.5 Å². The van der Waals surface area contributed by atoms with E-state index in [0.717, 1.165) is 91.8 Å². The molecule has 8 rings (SSSR count). The van der Waals surface area contributed by atoms with Gasteiger partial charge in [0.15, 0.2) is 0 Å². The summed E-state index contributed by atoms with van der Waals surface area (Å²) in [6, 6.07) is 6.04. The third kappa shape index (κ3) is 7.08. The number of carbonyl (C=O) groups excluding carboxylic acids is 2. The highest BCUT2D eigenvalue weighted by molar-refractivity contribution is 5.89. The fourth-order valence-electron chi connectivity index (χ4n) is 9.53. The molecule has 6 heterocycles. The van der Waals surface area contributed by atoms with Crippen molar-refractivity contribution in [2.45, 2.75) is 104 Å². The lowest BCUT2D eigenvalue weighted by atomic mass is 9.87. The predicted octanol–water partition coefficient (Wildman–Crippen LogP) is 7.29. The van der Waals surface area contributed by atoms with Crippen LogP contribution < -0.4 is 9.47 Å². The van der Waals surface area contributed by atoms with Gasteiger partial charge in [0.1, 0.15) is 48.4 Å². The molecule has 4 aliphatic rings. The molecule has 2 aromatic heterocycles. The fourth-order valence-corrected chi connectivity index (χ4v) is 9.53. The quantitative estimate of drug-likeness (QED) is 0.113. The van der Waals surface area contributed by atoms with Crippen molar-refractivity contribution in [2.75, 3.05) is 27.2 Å². The molecule has 0 saturated carbocycles. The highest BCUT2D eigenvalue weighted by Gasteiger charge is 2.42. The zero-order valence-electron chi connectivity index (χ0n) is 35.0. The molecule has 4 aromatic rings. The second-order valence-electron chi connectivity index (χ2n) is 16.8. The Kier molecular flexibility index (Phi) is 11.0. The molecule has 4 aliphatic heterocycles. The molecule has 16 nitrogen and oxygen atoms in total. The van der Waals surface area contributed by atoms with Crippen molar-refractivity contribution in [3.05, 3.63) is 59.4 Å². The summed E-state index contributed by atoms with van der Waals surface area (Å²) in [6.07, 6.45) is 5.67. The standard InChI is InChI=1S/C44H54N8O8/c1-7-23(3)37(49(5)43(55)56)41(53)51-13-9-11-31(51)39-45-19-29(47-39)25-15-27-21-60-34-18-26(16-28-22-59-33(17-25)35(27)36(28)34)30-20-46-40(48-30)32-12-10-14-52(32)42(54)38(24(4)8-2)50(6)44(57)58/h15-20,23-24,31-32,37-38H,7-14,21-22H2,1-6H3,(H,45,47)(H,46,48)(H,55,56)(H,57,58)/t23-,24-,31-,32-,37-,38-/m0/s1. The van der Waals surface area contributed by atoms with Crippen molar-refractivity contribution >= 4 is 24.0 Å². The molecule has 60 heavy (non-hydrogen) atoms. The van der Waals surface area contributed by atoms with E-state index in [-0.39, 0.29) is 35.7 Å². The number of nitrogens with one attached hydrogen (secondary N) is 2. The maximum atomic E-state index is 13.9. The molecule has 0 bridgehead atoms. The molecule has 0 spiro atoms. The normalized spacial score (nSPS) is 19.8. The zero-order valence-corrected chi connectivity index (χ0v) is 35.0. The number of aromatic nitrogens is 4. The minimum absolute atomic E-state index is 0.145. The van der Waals surface area contributed by atoms with Crippen LogP contribution in [-0.4, -0.2) is 113 Å². The van der Waals surface area contributed by atoms with Crippen LogP contribution in [0.15, 0.2) is 36.7 Å². The maximum absolute atomic E-state index is 13.9. The fraction of sp³-hybridized carbons (Fsp3) is 0.500. The molecule has 318 valence electrons. The Bertz CT molecular complexity index is 2110. The van der Waals surface area contributed by atoms with E-state index >= 15 is 0 Å². The first-order valence-corrected chi connectivity index (χ1v) is 21.0. The number of nitrogens with zero attached hydrogens (tertiary/aromatic N) is 6. The molecule has 4 N–H and O–H groups in total. The van der Waals surface area contributed by atoms with Crippen molar-refractivity contribution < 1.29 is 38.9 Å². The van der Waals surface area contributed by atoms with E-state index in [1.165, 1.54) is 14.1 Å². The number of imidazole rings is 2. The first-order chi connectivity index (χ1) is 28.8. The van der Waals surface area contributed by atoms with E-state index in [0.29, 0.717) is 50.8 Å². The van der Waals surface area contributed by atoms with Crippen LogP contribution in [0.4, 0.5) is 9.59 Å². The predicted molar refractivity (Wildman–Crippen MR) is 221 cm³/mol. The van der Waals surface area contributed by atoms with Gasteiger partial charge < -0.3 is 39.5 Å². The van der Waals surface area contributed by atoms with Gasteiger partial charge in [0, 0.05) is 60.6 Å². The van der Waals surface area contributed by atoms with Crippen molar-refractivity contribution in [3.8, 4) is 45.1 Å². The van der Waals surface area contributed by atoms with Crippen molar-refractivity contribution in [1.82, 2.24) is 39.5 Å². The summed E-state index contributed by atoms with van der Waals surface area (Å²) >= 11 is 0. The van der Waals surface area contributed by atoms with Crippen molar-refractivity contribution in [3.63, 3.8) is 0 Å². The first-order valence-electron chi connectivity index (χ1n) is 21.0. The third-order valence-electron chi connectivity index (χ3n) is 13.2. The molecular weight excluding hydrogens is 769 g/mol. The monoisotopic (exact) mass is 822 g/mol. The van der Waals surface area contributed by atoms with Gasteiger partial charge in [0.05, 0.1) is 35.9 Å². The van der Waals surface area contributed by atoms with Gasteiger partial charge >= 0.3 is 12.2 Å². The Morgan fingerprint density at radius 1 is 0.717 bits per heavy atom. The molecule has 4 amide bonds. The zero-order chi connectivity index (χ0) is 42.6. The van der Waals surface area contributed by atoms with E-state index in [1.807, 2.05) is 39.8 Å². The second kappa shape index (κ2) is 16.2. The number of rotatable bonds is 12. The lowest BCUT2D eigenvalue weighted by Crippen LogP contribution is -2.52. The van der Waals surface area contributed by atoms with Gasteiger partial charge in [0.2, 0.25) is 11.8 Å². The lowest BCUT2D eigenvalue weighted by molar-refractivity contribution is -0.139. The van der Waals surface area contributed by atoms with Crippen molar-refractivity contribution in [1.29, 1.82) is 0 Å². The second-order valence-corrected chi connectivity index (χ2v) is 16.8. The van der Waals surface area contributed by atoms with E-state index < -0.39 is 24.3 Å². The average molecular weight is 823 g/mol. The van der Waals surface area contributed by atoms with Crippen LogP contribution in [0, 0.1) is 11.8 Å². The van der Waals surface area contributed by atoms with Crippen LogP contribution in [0.3, 0.4) is 0 Å². The number of carbonyl (C=O) groups is 4. The minimum Gasteiger partial charge on any atom is -0.488 e. The SMILES string of the molecule is CC[C@H](C)[C@@H](C(=O)N1CCC[C@H]1c1ncc(-c2cc3c4c(c2)OCc2cc(-c5cnc([C@@H]6CCCN6C(=O)[C@H]([C@@H](C)CC)N(C)C(=O)O)[nH]5)cc(c2-4)OC3)[nH]1)N(C)C(=O)O. The molecule has 6 atom stereocenters. The number of aromatic amines is 2. The molecule has 0 aliphatic carbocycles. The number of hydrogen-bond donors (Lipinski definition) is 4. The topological polar surface area (TPSA) is 198 Å². The number of carboxylic acid groups (broad SMARTS) is 2. The molecule has 16 heteroatoms. The summed E-state index contributed by atoms with van der Waals surface area (Å²) in [5.41, 5.74) is 7.25. The van der Waals surface area contributed by atoms with Crippen LogP contribution >= 0.6 is 0 Å². The maximum Gasteiger partial charge on any atom is 0.407 e. The largest absolute Gasteiger partial charge is 0.488 e. The van der Waals surface area contributed by atoms with Gasteiger partial charge in [-0.25, -0.2) is 19.6 Å². The summed E-state index contributed by atoms with van der Waals surface area (Å²) in [4.78, 5) is 73.8. The number of likely N-dealkylation sites (tertiary alicyclic amines) is 2. The smallest absolute Gasteiger partial charge is 0.407 e. The van der Waals surface area contributed by atoms with Gasteiger partial charge in [-0.3, -0.25) is 19.4 Å². The van der Waals surface area contributed by atoms with Gasteiger partial charge in [-0.15, -0.1) is 0 Å². The molecule has 2 aromatic carbocycles. The van der Waals surface area contributed by atoms with Gasteiger partial charge in [0.25, 0.3) is 0 Å². The molecular formula is C44H54N8O8. The molecule has 0 unspecified atom stereocenters. The lowest BCUT2D eigenvalue weighted by Gasteiger charge is -2.34. The van der Waals surface area contributed by atoms with Crippen LogP contribution in [0.1, 0.15) is 101 Å². The van der Waals surface area contributed by atoms with Crippen LogP contribution in [-0.2, 0) is 22.8 Å². The molecule has 2 saturated heterocycles. The summed E-state index contributed by atoms with van der Waals surface area (Å²) < 4.78 is 12.9. The van der Waals surface area contributed by atoms with Crippen molar-refractivity contribution in [2.24, 2.45) is 11.8 Å². The Morgan fingerprint density at radius 2 is 1.12 bits per heavy atom. The number of amides is 4. The van der Waals surface area contributed by atoms with Gasteiger partial charge in [-0.05, 0) is 61.8 Å². The minimum atomic E-state index is -1.13. The molecule has 0 radical (unpaired) electrons. The van der Waals surface area contributed by atoms with E-state index in [4.69, 9.17) is 19.4 Å². The van der Waals surface area contributed by atoms with E-state index in [1.54, 1.807) is 22.2 Å². The van der Waals surface area contributed by atoms with Crippen LogP contribution in [0.25, 0.3) is 33.6 Å². The Labute approximate surface area is 348 Å². The van der Waals surface area contributed by atoms with E-state index in [2.05, 4.69) is 22.1 Å². The average Bonchev–Trinajstić information content (AvgIpc) is 4.09. The first kappa shape index (κ1) is 40.7. The Morgan fingerprint density at radius 3 is 1.48 bits per heavy atom. The number of benzene rings is 2. The summed E-state index contributed by atoms with van der Waals surface area (Å²) in [5.74, 6) is 2.12. The Hall–Kier alpha value is -6.06. The van der Waals surface area contributed by atoms with Crippen LogP contribution in [0.2, 0.25) is 0 Å². The number of hydrogen-bond acceptors (Lipinski definition) is 8. The third-order valence-corrected chi connectivity index (χ3v) is 13.2. The van der Waals surface area contributed by atoms with Crippen LogP contribution in [0.5, 0.6) is 11.5 Å². The summed E-state index contributed by atoms with van der Waals surface area (Å²) in [6.45, 7) is 9.46. The summed E-state index contributed by atoms with van der Waals surface area (Å²) in [7, 11) is 2.92. The Balaban J connectivity index is 1.02. The summed E-state index contributed by atoms with van der Waals surface area (Å²) in [5, 5.41) is 19.5. The van der Waals surface area contributed by atoms with Gasteiger partial charge in [-0.2, -0.15) is 0 Å². The number of H-pyrrole nitrogens is 2. The highest BCUT2D eigenvalue weighted by atomic mass is 16.5. The number of likely N-dealkylation sites (N-methyl/N-ethyl adjacent to an activating group) is 2. The van der Waals surface area contributed by atoms with E-state index in [9.17, 15) is 29.4 Å². The molecule has 2 fully saturated rings. The number of ether oxygens (including phenoxy) is 2. The highest BCUT2D eigenvalue weighted by Crippen LogP contribution is 2.51.